The van der Waals surface area contributed by atoms with E-state index in [-0.39, 0.29) is 0 Å². The Balaban J connectivity index is 2.31. The van der Waals surface area contributed by atoms with Crippen molar-refractivity contribution in [1.82, 2.24) is 0 Å². The van der Waals surface area contributed by atoms with Gasteiger partial charge in [0.05, 0.1) is 0 Å². The Labute approximate surface area is 114 Å². The van der Waals surface area contributed by atoms with Crippen molar-refractivity contribution in [3.05, 3.63) is 35.9 Å². The Morgan fingerprint density at radius 2 is 1.95 bits per heavy atom. The molecule has 0 bridgehead atoms. The largest absolute Gasteiger partial charge is 0.507 e. The van der Waals surface area contributed by atoms with Crippen molar-refractivity contribution in [2.24, 2.45) is 0 Å². The third-order valence-corrected chi connectivity index (χ3v) is 4.29. The van der Waals surface area contributed by atoms with Crippen molar-refractivity contribution in [3.8, 4) is 5.75 Å². The van der Waals surface area contributed by atoms with Gasteiger partial charge in [-0.25, -0.2) is 0 Å². The normalized spacial score (nSPS) is 18.3. The van der Waals surface area contributed by atoms with Crippen LogP contribution in [0, 0.1) is 0 Å². The van der Waals surface area contributed by atoms with Gasteiger partial charge in [-0.1, -0.05) is 31.2 Å². The zero-order chi connectivity index (χ0) is 13.6. The van der Waals surface area contributed by atoms with Gasteiger partial charge in [-0.15, -0.1) is 0 Å². The van der Waals surface area contributed by atoms with Crippen molar-refractivity contribution < 1.29 is 5.11 Å². The number of rotatable bonds is 2. The fraction of sp³-hybridized carbons (Fsp3) is 0.412. The number of anilines is 1. The highest BCUT2D eigenvalue weighted by atomic mass is 16.3. The van der Waals surface area contributed by atoms with Crippen LogP contribution in [0.25, 0.3) is 10.8 Å². The lowest BCUT2D eigenvalue weighted by atomic mass is 9.93. The molecule has 2 aromatic carbocycles. The molecule has 3 rings (SSSR count). The topological polar surface area (TPSA) is 23.5 Å². The van der Waals surface area contributed by atoms with Crippen LogP contribution in [0.15, 0.2) is 30.3 Å². The highest BCUT2D eigenvalue weighted by Crippen LogP contribution is 2.46. The zero-order valence-corrected chi connectivity index (χ0v) is 11.9. The summed E-state index contributed by atoms with van der Waals surface area (Å²) in [5.74, 6) is 0.972. The van der Waals surface area contributed by atoms with Crippen LogP contribution in [0.4, 0.5) is 5.69 Å². The van der Waals surface area contributed by atoms with Gasteiger partial charge in [0.1, 0.15) is 5.75 Å². The Morgan fingerprint density at radius 3 is 2.58 bits per heavy atom. The molecule has 0 fully saturated rings. The number of benzene rings is 2. The number of aromatic hydroxyl groups is 1. The molecule has 0 saturated carbocycles. The molecule has 0 aliphatic carbocycles. The predicted molar refractivity (Wildman–Crippen MR) is 81.1 cm³/mol. The summed E-state index contributed by atoms with van der Waals surface area (Å²) in [6.45, 7) is 7.75. The van der Waals surface area contributed by atoms with Gasteiger partial charge in [0, 0.05) is 35.6 Å². The van der Waals surface area contributed by atoms with E-state index in [0.717, 1.165) is 18.4 Å². The molecule has 100 valence electrons. The van der Waals surface area contributed by atoms with E-state index in [4.69, 9.17) is 0 Å². The Hall–Kier alpha value is -1.70. The third kappa shape index (κ3) is 1.78. The zero-order valence-electron chi connectivity index (χ0n) is 11.9. The van der Waals surface area contributed by atoms with Crippen molar-refractivity contribution in [3.63, 3.8) is 0 Å². The summed E-state index contributed by atoms with van der Waals surface area (Å²) >= 11 is 0. The molecule has 2 heteroatoms. The van der Waals surface area contributed by atoms with Gasteiger partial charge in [0.2, 0.25) is 0 Å². The fourth-order valence-electron chi connectivity index (χ4n) is 3.28. The first-order valence-corrected chi connectivity index (χ1v) is 7.14. The van der Waals surface area contributed by atoms with Crippen LogP contribution >= 0.6 is 0 Å². The highest BCUT2D eigenvalue weighted by molar-refractivity contribution is 5.96. The van der Waals surface area contributed by atoms with E-state index in [0.29, 0.717) is 17.7 Å². The summed E-state index contributed by atoms with van der Waals surface area (Å²) in [7, 11) is 0. The van der Waals surface area contributed by atoms with Crippen molar-refractivity contribution in [2.75, 3.05) is 11.4 Å². The second-order valence-electron chi connectivity index (χ2n) is 5.73. The fourth-order valence-corrected chi connectivity index (χ4v) is 3.28. The monoisotopic (exact) mass is 255 g/mol. The minimum absolute atomic E-state index is 0.400. The average Bonchev–Trinajstić information content (AvgIpc) is 2.78. The summed E-state index contributed by atoms with van der Waals surface area (Å²) in [6.07, 6.45) is 1.14. The maximum Gasteiger partial charge on any atom is 0.125 e. The van der Waals surface area contributed by atoms with E-state index in [9.17, 15) is 5.11 Å². The third-order valence-electron chi connectivity index (χ3n) is 4.29. The van der Waals surface area contributed by atoms with Crippen molar-refractivity contribution in [1.29, 1.82) is 0 Å². The van der Waals surface area contributed by atoms with E-state index < -0.39 is 0 Å². The van der Waals surface area contributed by atoms with Crippen LogP contribution in [0.2, 0.25) is 0 Å². The molecule has 2 nitrogen and oxygen atoms in total. The van der Waals surface area contributed by atoms with E-state index in [2.05, 4.69) is 37.8 Å². The number of hydrogen-bond donors (Lipinski definition) is 1. The maximum absolute atomic E-state index is 10.3. The number of phenolic OH excluding ortho intramolecular Hbond substituents is 1. The molecule has 0 spiro atoms. The number of nitrogens with zero attached hydrogens (tertiary/aromatic N) is 1. The molecule has 1 atom stereocenters. The molecule has 2 aromatic rings. The van der Waals surface area contributed by atoms with Crippen LogP contribution in [0.3, 0.4) is 0 Å². The smallest absolute Gasteiger partial charge is 0.125 e. The molecular weight excluding hydrogens is 234 g/mol. The first-order chi connectivity index (χ1) is 9.13. The van der Waals surface area contributed by atoms with Crippen molar-refractivity contribution >= 4 is 16.5 Å². The minimum Gasteiger partial charge on any atom is -0.507 e. The van der Waals surface area contributed by atoms with Gasteiger partial charge >= 0.3 is 0 Å². The van der Waals surface area contributed by atoms with E-state index >= 15 is 0 Å². The van der Waals surface area contributed by atoms with Gasteiger partial charge in [0.25, 0.3) is 0 Å². The molecule has 0 saturated heterocycles. The van der Waals surface area contributed by atoms with Gasteiger partial charge in [-0.3, -0.25) is 0 Å². The van der Waals surface area contributed by atoms with Crippen molar-refractivity contribution in [2.45, 2.75) is 39.2 Å². The molecule has 0 unspecified atom stereocenters. The SMILES string of the molecule is CC[C@@H]1CN(C(C)C)c2cc(O)c3ccccc3c21. The first kappa shape index (κ1) is 12.3. The molecule has 19 heavy (non-hydrogen) atoms. The number of fused-ring (bicyclic) bond motifs is 3. The molecule has 0 amide bonds. The molecule has 1 aliphatic heterocycles. The summed E-state index contributed by atoms with van der Waals surface area (Å²) in [4.78, 5) is 2.41. The summed E-state index contributed by atoms with van der Waals surface area (Å²) < 4.78 is 0. The molecule has 0 radical (unpaired) electrons. The Morgan fingerprint density at radius 1 is 1.26 bits per heavy atom. The van der Waals surface area contributed by atoms with Gasteiger partial charge in [0.15, 0.2) is 0 Å². The summed E-state index contributed by atoms with van der Waals surface area (Å²) in [5.41, 5.74) is 2.64. The van der Waals surface area contributed by atoms with E-state index in [1.54, 1.807) is 0 Å². The first-order valence-electron chi connectivity index (χ1n) is 7.14. The van der Waals surface area contributed by atoms with Gasteiger partial charge in [-0.05, 0) is 31.2 Å². The molecule has 0 aromatic heterocycles. The quantitative estimate of drug-likeness (QED) is 0.866. The summed E-state index contributed by atoms with van der Waals surface area (Å²) in [5, 5.41) is 12.5. The van der Waals surface area contributed by atoms with E-state index in [1.165, 1.54) is 16.6 Å². The second kappa shape index (κ2) is 4.44. The predicted octanol–water partition coefficient (Wildman–Crippen LogP) is 4.27. The number of hydrogen-bond acceptors (Lipinski definition) is 2. The molecule has 1 heterocycles. The Bertz CT molecular complexity index is 618. The van der Waals surface area contributed by atoms with E-state index in [1.807, 2.05) is 18.2 Å². The summed E-state index contributed by atoms with van der Waals surface area (Å²) in [6, 6.07) is 10.6. The molecule has 1 N–H and O–H groups in total. The molecular formula is C17H21NO. The lowest BCUT2D eigenvalue weighted by Crippen LogP contribution is -2.29. The lowest BCUT2D eigenvalue weighted by molar-refractivity contribution is 0.481. The highest BCUT2D eigenvalue weighted by Gasteiger charge is 2.31. The van der Waals surface area contributed by atoms with Crippen LogP contribution in [-0.2, 0) is 0 Å². The second-order valence-corrected chi connectivity index (χ2v) is 5.73. The minimum atomic E-state index is 0.400. The van der Waals surface area contributed by atoms with Crippen LogP contribution < -0.4 is 4.90 Å². The Kier molecular flexibility index (Phi) is 2.89. The number of phenols is 1. The van der Waals surface area contributed by atoms with Crippen LogP contribution in [0.1, 0.15) is 38.7 Å². The van der Waals surface area contributed by atoms with Crippen LogP contribution in [0.5, 0.6) is 5.75 Å². The maximum atomic E-state index is 10.3. The average molecular weight is 255 g/mol. The van der Waals surface area contributed by atoms with Gasteiger partial charge in [-0.2, -0.15) is 0 Å². The standard InChI is InChI=1S/C17H21NO/c1-4-12-10-18(11(2)3)15-9-16(19)13-7-5-6-8-14(13)17(12)15/h5-9,11-12,19H,4,10H2,1-3H3/t12-/m1/s1. The lowest BCUT2D eigenvalue weighted by Gasteiger charge is -2.24. The van der Waals surface area contributed by atoms with Gasteiger partial charge < -0.3 is 10.0 Å². The van der Waals surface area contributed by atoms with Crippen LogP contribution in [-0.4, -0.2) is 17.7 Å². The molecule has 1 aliphatic rings.